The second kappa shape index (κ2) is 7.09. The molecule has 4 aromatic rings. The third-order valence-electron chi connectivity index (χ3n) is 4.97. The minimum absolute atomic E-state index is 0.0407. The molecule has 0 atom stereocenters. The lowest BCUT2D eigenvalue weighted by Crippen LogP contribution is -2.21. The van der Waals surface area contributed by atoms with Gasteiger partial charge in [-0.25, -0.2) is 9.97 Å². The molecule has 0 amide bonds. The first-order valence-electron chi connectivity index (χ1n) is 8.92. The maximum absolute atomic E-state index is 13.1. The van der Waals surface area contributed by atoms with Gasteiger partial charge in [0.25, 0.3) is 5.56 Å². The number of ether oxygens (including phenoxy) is 1. The summed E-state index contributed by atoms with van der Waals surface area (Å²) in [5.41, 5.74) is 3.03. The molecule has 5 rings (SSSR count). The molecule has 0 saturated carbocycles. The molecule has 0 spiro atoms. The van der Waals surface area contributed by atoms with Crippen LogP contribution in [0, 0.1) is 0 Å². The Morgan fingerprint density at radius 1 is 1.32 bits per heavy atom. The van der Waals surface area contributed by atoms with Gasteiger partial charge in [0.05, 0.1) is 36.6 Å². The molecule has 0 aliphatic heterocycles. The van der Waals surface area contributed by atoms with Crippen LogP contribution in [-0.2, 0) is 19.4 Å². The van der Waals surface area contributed by atoms with Crippen LogP contribution in [0.3, 0.4) is 0 Å². The van der Waals surface area contributed by atoms with Crippen molar-refractivity contribution in [3.05, 3.63) is 60.9 Å². The predicted octanol–water partition coefficient (Wildman–Crippen LogP) is 4.89. The van der Waals surface area contributed by atoms with E-state index >= 15 is 0 Å². The molecule has 1 aliphatic rings. The Bertz CT molecular complexity index is 1260. The second-order valence-corrected chi connectivity index (χ2v) is 9.56. The minimum atomic E-state index is 0.0407. The molecule has 0 bridgehead atoms. The highest BCUT2D eigenvalue weighted by Crippen LogP contribution is 2.35. The SMILES string of the molecule is COc1ccc(Br)cc1-c1nc(Cn2cnc3sc4c(c3c2=O)CCC4)cs1. The van der Waals surface area contributed by atoms with Gasteiger partial charge in [-0.3, -0.25) is 9.36 Å². The molecular weight excluding hydrogens is 458 g/mol. The Balaban J connectivity index is 1.51. The molecule has 28 heavy (non-hydrogen) atoms. The first-order chi connectivity index (χ1) is 13.6. The number of hydrogen-bond donors (Lipinski definition) is 0. The third kappa shape index (κ3) is 3.00. The molecule has 142 valence electrons. The predicted molar refractivity (Wildman–Crippen MR) is 117 cm³/mol. The average Bonchev–Trinajstić information content (AvgIpc) is 3.40. The largest absolute Gasteiger partial charge is 0.496 e. The van der Waals surface area contributed by atoms with Crippen LogP contribution in [-0.4, -0.2) is 21.6 Å². The lowest BCUT2D eigenvalue weighted by molar-refractivity contribution is 0.416. The molecule has 0 radical (unpaired) electrons. The van der Waals surface area contributed by atoms with E-state index in [0.717, 1.165) is 56.0 Å². The van der Waals surface area contributed by atoms with E-state index in [4.69, 9.17) is 9.72 Å². The molecule has 1 aromatic carbocycles. The highest BCUT2D eigenvalue weighted by Gasteiger charge is 2.21. The molecule has 5 nitrogen and oxygen atoms in total. The number of rotatable bonds is 4. The van der Waals surface area contributed by atoms with Crippen LogP contribution in [0.1, 0.15) is 22.6 Å². The Morgan fingerprint density at radius 3 is 3.07 bits per heavy atom. The normalized spacial score (nSPS) is 13.2. The maximum Gasteiger partial charge on any atom is 0.262 e. The topological polar surface area (TPSA) is 57.0 Å². The quantitative estimate of drug-likeness (QED) is 0.423. The molecule has 8 heteroatoms. The van der Waals surface area contributed by atoms with Gasteiger partial charge in [0.2, 0.25) is 0 Å². The second-order valence-electron chi connectivity index (χ2n) is 6.70. The van der Waals surface area contributed by atoms with E-state index in [9.17, 15) is 4.79 Å². The summed E-state index contributed by atoms with van der Waals surface area (Å²) >= 11 is 6.72. The standard InChI is InChI=1S/C20H16BrN3O2S2/c1-26-15-6-5-11(21)7-14(15)18-23-12(9-27-18)8-24-10-22-19-17(20(24)25)13-3-2-4-16(13)28-19/h5-7,9-10H,2-4,8H2,1H3. The number of aromatic nitrogens is 3. The molecule has 3 aromatic heterocycles. The van der Waals surface area contributed by atoms with Gasteiger partial charge in [0.1, 0.15) is 15.6 Å². The number of thiophene rings is 1. The van der Waals surface area contributed by atoms with Crippen LogP contribution in [0.15, 0.2) is 39.2 Å². The summed E-state index contributed by atoms with van der Waals surface area (Å²) in [5.74, 6) is 0.776. The van der Waals surface area contributed by atoms with Crippen LogP contribution in [0.25, 0.3) is 20.8 Å². The molecule has 1 aliphatic carbocycles. The summed E-state index contributed by atoms with van der Waals surface area (Å²) in [6.07, 6.45) is 4.84. The zero-order chi connectivity index (χ0) is 19.3. The summed E-state index contributed by atoms with van der Waals surface area (Å²) in [4.78, 5) is 24.5. The van der Waals surface area contributed by atoms with E-state index in [0.29, 0.717) is 6.54 Å². The van der Waals surface area contributed by atoms with Gasteiger partial charge in [-0.1, -0.05) is 15.9 Å². The lowest BCUT2D eigenvalue weighted by Gasteiger charge is -2.06. The van der Waals surface area contributed by atoms with Gasteiger partial charge >= 0.3 is 0 Å². The molecule has 0 saturated heterocycles. The fraction of sp³-hybridized carbons (Fsp3) is 0.250. The van der Waals surface area contributed by atoms with Gasteiger partial charge in [-0.2, -0.15) is 0 Å². The Morgan fingerprint density at radius 2 is 2.21 bits per heavy atom. The van der Waals surface area contributed by atoms with Crippen LogP contribution in [0.5, 0.6) is 5.75 Å². The Kier molecular flexibility index (Phi) is 4.57. The number of halogens is 1. The van der Waals surface area contributed by atoms with Crippen molar-refractivity contribution < 1.29 is 4.74 Å². The first-order valence-corrected chi connectivity index (χ1v) is 11.4. The van der Waals surface area contributed by atoms with Gasteiger partial charge < -0.3 is 4.74 Å². The minimum Gasteiger partial charge on any atom is -0.496 e. The van der Waals surface area contributed by atoms with Crippen molar-refractivity contribution in [3.63, 3.8) is 0 Å². The van der Waals surface area contributed by atoms with E-state index in [1.807, 2.05) is 23.6 Å². The Labute approximate surface area is 177 Å². The van der Waals surface area contributed by atoms with Gasteiger partial charge in [-0.15, -0.1) is 22.7 Å². The highest BCUT2D eigenvalue weighted by atomic mass is 79.9. The molecule has 0 unspecified atom stereocenters. The van der Waals surface area contributed by atoms with E-state index in [1.54, 1.807) is 40.7 Å². The van der Waals surface area contributed by atoms with Crippen molar-refractivity contribution >= 4 is 48.8 Å². The van der Waals surface area contributed by atoms with Gasteiger partial charge in [-0.05, 0) is 43.0 Å². The molecule has 0 N–H and O–H groups in total. The van der Waals surface area contributed by atoms with Crippen LogP contribution in [0.4, 0.5) is 0 Å². The Hall–Kier alpha value is -2.03. The van der Waals surface area contributed by atoms with E-state index in [1.165, 1.54) is 10.4 Å². The highest BCUT2D eigenvalue weighted by molar-refractivity contribution is 9.10. The van der Waals surface area contributed by atoms with Crippen molar-refractivity contribution in [2.75, 3.05) is 7.11 Å². The summed E-state index contributed by atoms with van der Waals surface area (Å²) in [6.45, 7) is 0.416. The lowest BCUT2D eigenvalue weighted by atomic mass is 10.2. The van der Waals surface area contributed by atoms with Gasteiger partial charge in [0, 0.05) is 14.7 Å². The number of thiazole rings is 1. The summed E-state index contributed by atoms with van der Waals surface area (Å²) < 4.78 is 8.11. The van der Waals surface area contributed by atoms with E-state index in [-0.39, 0.29) is 5.56 Å². The molecule has 3 heterocycles. The summed E-state index contributed by atoms with van der Waals surface area (Å²) in [6, 6.07) is 5.85. The van der Waals surface area contributed by atoms with E-state index < -0.39 is 0 Å². The number of fused-ring (bicyclic) bond motifs is 3. The van der Waals surface area contributed by atoms with Crippen molar-refractivity contribution in [1.82, 2.24) is 14.5 Å². The number of aryl methyl sites for hydroxylation is 2. The van der Waals surface area contributed by atoms with Crippen LogP contribution in [0.2, 0.25) is 0 Å². The van der Waals surface area contributed by atoms with E-state index in [2.05, 4.69) is 20.9 Å². The van der Waals surface area contributed by atoms with Crippen molar-refractivity contribution in [2.45, 2.75) is 25.8 Å². The van der Waals surface area contributed by atoms with Gasteiger partial charge in [0.15, 0.2) is 0 Å². The van der Waals surface area contributed by atoms with Crippen molar-refractivity contribution in [3.8, 4) is 16.3 Å². The molecular formula is C20H16BrN3O2S2. The number of benzene rings is 1. The fourth-order valence-electron chi connectivity index (χ4n) is 3.66. The zero-order valence-electron chi connectivity index (χ0n) is 15.1. The number of nitrogens with zero attached hydrogens (tertiary/aromatic N) is 3. The fourth-order valence-corrected chi connectivity index (χ4v) is 6.07. The van der Waals surface area contributed by atoms with Crippen molar-refractivity contribution in [1.29, 1.82) is 0 Å². The van der Waals surface area contributed by atoms with Crippen LogP contribution >= 0.6 is 38.6 Å². The zero-order valence-corrected chi connectivity index (χ0v) is 18.3. The first kappa shape index (κ1) is 18.0. The number of hydrogen-bond acceptors (Lipinski definition) is 6. The molecule has 0 fully saturated rings. The smallest absolute Gasteiger partial charge is 0.262 e. The monoisotopic (exact) mass is 473 g/mol. The average molecular weight is 474 g/mol. The van der Waals surface area contributed by atoms with Crippen LogP contribution < -0.4 is 10.3 Å². The third-order valence-corrected chi connectivity index (χ3v) is 7.59. The summed E-state index contributed by atoms with van der Waals surface area (Å²) in [7, 11) is 1.65. The van der Waals surface area contributed by atoms with Crippen molar-refractivity contribution in [2.24, 2.45) is 0 Å². The number of methoxy groups -OCH3 is 1. The maximum atomic E-state index is 13.1. The summed E-state index contributed by atoms with van der Waals surface area (Å²) in [5, 5.41) is 3.67.